The van der Waals surface area contributed by atoms with Gasteiger partial charge in [-0.05, 0) is 45.0 Å². The highest BCUT2D eigenvalue weighted by Crippen LogP contribution is 2.30. The maximum absolute atomic E-state index is 12.7. The van der Waals surface area contributed by atoms with Crippen LogP contribution in [0.2, 0.25) is 0 Å². The minimum absolute atomic E-state index is 0.0770. The number of nitrogens with one attached hydrogen (secondary N) is 1. The van der Waals surface area contributed by atoms with E-state index in [9.17, 15) is 26.3 Å². The fraction of sp³-hybridized carbons (Fsp3) is 0.688. The number of hydrogen-bond donors (Lipinski definition) is 2. The zero-order chi connectivity index (χ0) is 22.3. The highest BCUT2D eigenvalue weighted by molar-refractivity contribution is 5.73. The molecule has 0 saturated heterocycles. The Balaban J connectivity index is 0.000000887. The second-order valence-electron chi connectivity index (χ2n) is 6.79. The molecule has 6 nitrogen and oxygen atoms in total. The van der Waals surface area contributed by atoms with Crippen LogP contribution in [0.1, 0.15) is 31.5 Å². The number of carboxylic acid groups (broad SMARTS) is 1. The van der Waals surface area contributed by atoms with E-state index in [0.717, 1.165) is 13.0 Å². The van der Waals surface area contributed by atoms with Crippen molar-refractivity contribution in [2.24, 2.45) is 5.92 Å². The van der Waals surface area contributed by atoms with Crippen LogP contribution in [-0.2, 0) is 11.0 Å². The lowest BCUT2D eigenvalue weighted by Crippen LogP contribution is -2.34. The van der Waals surface area contributed by atoms with Gasteiger partial charge in [0.2, 0.25) is 0 Å². The number of alkyl halides is 6. The second kappa shape index (κ2) is 10.4. The molecule has 28 heavy (non-hydrogen) atoms. The molecule has 1 aromatic heterocycles. The summed E-state index contributed by atoms with van der Waals surface area (Å²) in [4.78, 5) is 10.9. The van der Waals surface area contributed by atoms with Crippen molar-refractivity contribution >= 4 is 11.8 Å². The number of anilines is 1. The summed E-state index contributed by atoms with van der Waals surface area (Å²) < 4.78 is 69.7. The van der Waals surface area contributed by atoms with Gasteiger partial charge in [0.15, 0.2) is 5.69 Å². The van der Waals surface area contributed by atoms with E-state index in [0.29, 0.717) is 11.7 Å². The minimum Gasteiger partial charge on any atom is -0.475 e. The highest BCUT2D eigenvalue weighted by Gasteiger charge is 2.38. The first kappa shape index (κ1) is 25.9. The van der Waals surface area contributed by atoms with Gasteiger partial charge in [-0.2, -0.15) is 26.3 Å². The largest absolute Gasteiger partial charge is 0.490 e. The lowest BCUT2D eigenvalue weighted by atomic mass is 10.0. The average molecular weight is 418 g/mol. The molecule has 0 bridgehead atoms. The van der Waals surface area contributed by atoms with Crippen LogP contribution in [0.15, 0.2) is 6.07 Å². The van der Waals surface area contributed by atoms with Crippen LogP contribution in [0.4, 0.5) is 32.2 Å². The van der Waals surface area contributed by atoms with Gasteiger partial charge in [-0.15, -0.1) is 10.2 Å². The maximum Gasteiger partial charge on any atom is 0.490 e. The molecule has 162 valence electrons. The molecule has 1 aromatic rings. The van der Waals surface area contributed by atoms with Crippen molar-refractivity contribution in [3.63, 3.8) is 0 Å². The molecule has 1 rings (SSSR count). The van der Waals surface area contributed by atoms with Crippen molar-refractivity contribution in [3.05, 3.63) is 17.3 Å². The molecule has 2 N–H and O–H groups in total. The van der Waals surface area contributed by atoms with Gasteiger partial charge in [-0.1, -0.05) is 13.8 Å². The van der Waals surface area contributed by atoms with Gasteiger partial charge in [0, 0.05) is 12.6 Å². The molecule has 0 aromatic carbocycles. The van der Waals surface area contributed by atoms with E-state index in [-0.39, 0.29) is 11.6 Å². The number of nitrogens with zero attached hydrogens (tertiary/aromatic N) is 3. The van der Waals surface area contributed by atoms with E-state index in [1.54, 1.807) is 0 Å². The molecule has 1 atom stereocenters. The molecular weight excluding hydrogens is 394 g/mol. The number of carbonyl (C=O) groups is 1. The molecule has 0 saturated carbocycles. The van der Waals surface area contributed by atoms with Crippen molar-refractivity contribution < 1.29 is 36.2 Å². The third-order valence-electron chi connectivity index (χ3n) is 3.19. The summed E-state index contributed by atoms with van der Waals surface area (Å²) in [5, 5.41) is 17.3. The predicted octanol–water partition coefficient (Wildman–Crippen LogP) is 3.83. The summed E-state index contributed by atoms with van der Waals surface area (Å²) in [6.07, 6.45) is -8.64. The first-order valence-corrected chi connectivity index (χ1v) is 8.16. The third-order valence-corrected chi connectivity index (χ3v) is 3.19. The smallest absolute Gasteiger partial charge is 0.475 e. The average Bonchev–Trinajstić information content (AvgIpc) is 2.43. The Morgan fingerprint density at radius 3 is 2.00 bits per heavy atom. The van der Waals surface area contributed by atoms with Crippen molar-refractivity contribution in [3.8, 4) is 0 Å². The summed E-state index contributed by atoms with van der Waals surface area (Å²) in [6, 6.07) is 1.52. The fourth-order valence-corrected chi connectivity index (χ4v) is 2.23. The van der Waals surface area contributed by atoms with Gasteiger partial charge < -0.3 is 15.3 Å². The number of aromatic nitrogens is 2. The number of carboxylic acids is 1. The molecule has 0 radical (unpaired) electrons. The molecule has 0 aliphatic rings. The van der Waals surface area contributed by atoms with Gasteiger partial charge in [-0.3, -0.25) is 0 Å². The zero-order valence-corrected chi connectivity index (χ0v) is 16.1. The van der Waals surface area contributed by atoms with E-state index >= 15 is 0 Å². The van der Waals surface area contributed by atoms with E-state index < -0.39 is 24.0 Å². The SMILES string of the molecule is Cc1cc(N[C@@H](CC(C)C)CN(C)C)nnc1C(F)(F)F.O=C(O)C(F)(F)F. The molecular formula is C16H24F6N4O2. The second-order valence-corrected chi connectivity index (χ2v) is 6.79. The maximum atomic E-state index is 12.7. The number of halogens is 6. The number of aliphatic carboxylic acids is 1. The molecule has 0 aliphatic heterocycles. The summed E-state index contributed by atoms with van der Waals surface area (Å²) in [5.41, 5.74) is -0.853. The van der Waals surface area contributed by atoms with Gasteiger partial charge in [0.25, 0.3) is 0 Å². The van der Waals surface area contributed by atoms with Crippen molar-refractivity contribution in [1.82, 2.24) is 15.1 Å². The fourth-order valence-electron chi connectivity index (χ4n) is 2.23. The number of rotatable bonds is 6. The summed E-state index contributed by atoms with van der Waals surface area (Å²) in [5.74, 6) is -1.90. The van der Waals surface area contributed by atoms with Crippen LogP contribution in [0.5, 0.6) is 0 Å². The van der Waals surface area contributed by atoms with Crippen molar-refractivity contribution in [2.75, 3.05) is 26.0 Å². The lowest BCUT2D eigenvalue weighted by molar-refractivity contribution is -0.192. The van der Waals surface area contributed by atoms with Crippen LogP contribution >= 0.6 is 0 Å². The summed E-state index contributed by atoms with van der Waals surface area (Å²) in [7, 11) is 3.91. The Bertz CT molecular complexity index is 623. The zero-order valence-electron chi connectivity index (χ0n) is 16.1. The number of hydrogen-bond acceptors (Lipinski definition) is 5. The van der Waals surface area contributed by atoms with Gasteiger partial charge in [0.05, 0.1) is 0 Å². The van der Waals surface area contributed by atoms with E-state index in [4.69, 9.17) is 9.90 Å². The predicted molar refractivity (Wildman–Crippen MR) is 90.9 cm³/mol. The first-order chi connectivity index (χ1) is 12.5. The number of likely N-dealkylation sites (N-methyl/N-ethyl adjacent to an activating group) is 1. The third kappa shape index (κ3) is 10.3. The highest BCUT2D eigenvalue weighted by atomic mass is 19.4. The van der Waals surface area contributed by atoms with Crippen LogP contribution in [-0.4, -0.2) is 59.0 Å². The van der Waals surface area contributed by atoms with Crippen molar-refractivity contribution in [1.29, 1.82) is 0 Å². The van der Waals surface area contributed by atoms with Crippen LogP contribution in [0.3, 0.4) is 0 Å². The number of aryl methyl sites for hydroxylation is 1. The molecule has 0 fully saturated rings. The minimum atomic E-state index is -5.08. The molecule has 0 unspecified atom stereocenters. The summed E-state index contributed by atoms with van der Waals surface area (Å²) >= 11 is 0. The van der Waals surface area contributed by atoms with E-state index in [1.165, 1.54) is 13.0 Å². The first-order valence-electron chi connectivity index (χ1n) is 8.16. The molecule has 12 heteroatoms. The lowest BCUT2D eigenvalue weighted by Gasteiger charge is -2.24. The Labute approximate surface area is 158 Å². The van der Waals surface area contributed by atoms with Crippen molar-refractivity contribution in [2.45, 2.75) is 45.6 Å². The summed E-state index contributed by atoms with van der Waals surface area (Å²) in [6.45, 7) is 6.38. The quantitative estimate of drug-likeness (QED) is 0.684. The van der Waals surface area contributed by atoms with Crippen LogP contribution in [0, 0.1) is 12.8 Å². The van der Waals surface area contributed by atoms with Crippen LogP contribution in [0.25, 0.3) is 0 Å². The Hall–Kier alpha value is -2.11. The van der Waals surface area contributed by atoms with E-state index in [2.05, 4.69) is 29.4 Å². The topological polar surface area (TPSA) is 78.3 Å². The Morgan fingerprint density at radius 2 is 1.68 bits per heavy atom. The standard InChI is InChI=1S/C14H23F3N4.C2HF3O2/c1-9(2)6-11(8-21(4)5)18-12-7-10(3)13(20-19-12)14(15,16)17;3-2(4,5)1(6)7/h7,9,11H,6,8H2,1-5H3,(H,18,19);(H,6,7)/t11-;/m0./s1. The van der Waals surface area contributed by atoms with Gasteiger partial charge in [-0.25, -0.2) is 4.79 Å². The Kier molecular flexibility index (Phi) is 9.65. The molecule has 1 heterocycles. The monoisotopic (exact) mass is 418 g/mol. The van der Waals surface area contributed by atoms with Gasteiger partial charge in [0.1, 0.15) is 5.82 Å². The van der Waals surface area contributed by atoms with Crippen LogP contribution < -0.4 is 5.32 Å². The normalized spacial score (nSPS) is 13.2. The molecule has 0 spiro atoms. The van der Waals surface area contributed by atoms with Gasteiger partial charge >= 0.3 is 18.3 Å². The molecule has 0 amide bonds. The molecule has 0 aliphatic carbocycles. The Morgan fingerprint density at radius 1 is 1.18 bits per heavy atom. The van der Waals surface area contributed by atoms with E-state index in [1.807, 2.05) is 19.0 Å².